The molecule has 0 spiro atoms. The molecule has 0 bridgehead atoms. The van der Waals surface area contributed by atoms with Crippen LogP contribution in [0.2, 0.25) is 0 Å². The summed E-state index contributed by atoms with van der Waals surface area (Å²) in [5.74, 6) is -0.290. The topological polar surface area (TPSA) is 47.6 Å². The minimum Gasteiger partial charge on any atom is -0.465 e. The Morgan fingerprint density at radius 1 is 1.44 bits per heavy atom. The normalized spacial score (nSPS) is 18.7. The fourth-order valence-electron chi connectivity index (χ4n) is 2.15. The van der Waals surface area contributed by atoms with Gasteiger partial charge in [0.1, 0.15) is 0 Å². The molecule has 18 heavy (non-hydrogen) atoms. The Hall–Kier alpha value is -1.55. The van der Waals surface area contributed by atoms with Crippen LogP contribution in [-0.2, 0) is 9.47 Å². The summed E-state index contributed by atoms with van der Waals surface area (Å²) in [6.45, 7) is 5.45. The average Bonchev–Trinajstić information content (AvgIpc) is 2.85. The van der Waals surface area contributed by atoms with Crippen molar-refractivity contribution in [3.63, 3.8) is 0 Å². The second-order valence-corrected chi connectivity index (χ2v) is 4.66. The number of esters is 1. The van der Waals surface area contributed by atoms with Crippen LogP contribution in [0.1, 0.15) is 27.9 Å². The number of anilines is 1. The van der Waals surface area contributed by atoms with Crippen molar-refractivity contribution in [3.05, 3.63) is 28.8 Å². The van der Waals surface area contributed by atoms with Gasteiger partial charge in [0.25, 0.3) is 0 Å². The number of hydrogen-bond donors (Lipinski definition) is 1. The van der Waals surface area contributed by atoms with E-state index in [1.54, 1.807) is 0 Å². The van der Waals surface area contributed by atoms with Crippen molar-refractivity contribution in [2.45, 2.75) is 26.3 Å². The first-order chi connectivity index (χ1) is 8.61. The van der Waals surface area contributed by atoms with Gasteiger partial charge in [-0.1, -0.05) is 0 Å². The van der Waals surface area contributed by atoms with Crippen LogP contribution in [0.25, 0.3) is 0 Å². The Bertz CT molecular complexity index is 451. The highest BCUT2D eigenvalue weighted by Crippen LogP contribution is 2.22. The monoisotopic (exact) mass is 249 g/mol. The second-order valence-electron chi connectivity index (χ2n) is 4.66. The summed E-state index contributed by atoms with van der Waals surface area (Å²) >= 11 is 0. The molecule has 0 saturated carbocycles. The van der Waals surface area contributed by atoms with Crippen LogP contribution in [0.5, 0.6) is 0 Å². The molecular weight excluding hydrogens is 230 g/mol. The Morgan fingerprint density at radius 3 is 2.83 bits per heavy atom. The second kappa shape index (κ2) is 5.40. The highest BCUT2D eigenvalue weighted by Gasteiger charge is 2.17. The maximum absolute atomic E-state index is 11.7. The molecule has 1 fully saturated rings. The van der Waals surface area contributed by atoms with Gasteiger partial charge in [-0.2, -0.15) is 0 Å². The molecule has 0 aromatic heterocycles. The maximum Gasteiger partial charge on any atom is 0.338 e. The number of rotatable bonds is 3. The minimum absolute atomic E-state index is 0.290. The lowest BCUT2D eigenvalue weighted by atomic mass is 10.0. The molecule has 1 heterocycles. The Morgan fingerprint density at radius 2 is 2.22 bits per heavy atom. The molecule has 0 unspecified atom stereocenters. The van der Waals surface area contributed by atoms with Crippen LogP contribution in [0.3, 0.4) is 0 Å². The molecule has 1 aromatic rings. The first-order valence-corrected chi connectivity index (χ1v) is 6.15. The highest BCUT2D eigenvalue weighted by atomic mass is 16.5. The van der Waals surface area contributed by atoms with Crippen LogP contribution in [0.4, 0.5) is 5.69 Å². The van der Waals surface area contributed by atoms with E-state index in [1.165, 1.54) is 7.11 Å². The SMILES string of the molecule is COC(=O)c1cc(N[C@@H]2CCOC2)cc(C)c1C. The molecule has 0 aliphatic carbocycles. The van der Waals surface area contributed by atoms with E-state index in [4.69, 9.17) is 9.47 Å². The molecule has 0 radical (unpaired) electrons. The van der Waals surface area contributed by atoms with E-state index >= 15 is 0 Å². The van der Waals surface area contributed by atoms with E-state index in [0.29, 0.717) is 11.6 Å². The van der Waals surface area contributed by atoms with Crippen LogP contribution < -0.4 is 5.32 Å². The Labute approximate surface area is 107 Å². The van der Waals surface area contributed by atoms with Gasteiger partial charge in [0.15, 0.2) is 0 Å². The van der Waals surface area contributed by atoms with E-state index in [2.05, 4.69) is 11.4 Å². The van der Waals surface area contributed by atoms with Gasteiger partial charge in [0, 0.05) is 12.3 Å². The molecule has 1 N–H and O–H groups in total. The minimum atomic E-state index is -0.290. The van der Waals surface area contributed by atoms with E-state index in [9.17, 15) is 4.79 Å². The van der Waals surface area contributed by atoms with Gasteiger partial charge >= 0.3 is 5.97 Å². The van der Waals surface area contributed by atoms with E-state index < -0.39 is 0 Å². The van der Waals surface area contributed by atoms with Crippen molar-refractivity contribution in [2.24, 2.45) is 0 Å². The summed E-state index contributed by atoms with van der Waals surface area (Å²) in [6, 6.07) is 4.24. The van der Waals surface area contributed by atoms with Gasteiger partial charge in [0.05, 0.1) is 25.3 Å². The third-order valence-electron chi connectivity index (χ3n) is 3.37. The van der Waals surface area contributed by atoms with Gasteiger partial charge in [0.2, 0.25) is 0 Å². The van der Waals surface area contributed by atoms with Crippen molar-refractivity contribution in [2.75, 3.05) is 25.6 Å². The fourth-order valence-corrected chi connectivity index (χ4v) is 2.15. The number of hydrogen-bond acceptors (Lipinski definition) is 4. The zero-order valence-corrected chi connectivity index (χ0v) is 11.1. The summed E-state index contributed by atoms with van der Waals surface area (Å²) < 4.78 is 10.1. The Kier molecular flexibility index (Phi) is 3.87. The standard InChI is InChI=1S/C14H19NO3/c1-9-6-12(15-11-4-5-18-8-11)7-13(10(9)2)14(16)17-3/h6-7,11,15H,4-5,8H2,1-3H3/t11-/m1/s1. The first-order valence-electron chi connectivity index (χ1n) is 6.15. The van der Waals surface area contributed by atoms with Crippen molar-refractivity contribution < 1.29 is 14.3 Å². The third-order valence-corrected chi connectivity index (χ3v) is 3.37. The molecule has 1 saturated heterocycles. The predicted octanol–water partition coefficient (Wildman–Crippen LogP) is 2.29. The quantitative estimate of drug-likeness (QED) is 0.835. The van der Waals surface area contributed by atoms with Gasteiger partial charge in [-0.15, -0.1) is 0 Å². The van der Waals surface area contributed by atoms with Crippen molar-refractivity contribution >= 4 is 11.7 Å². The van der Waals surface area contributed by atoms with Crippen molar-refractivity contribution in [1.82, 2.24) is 0 Å². The molecule has 98 valence electrons. The molecule has 1 atom stereocenters. The molecule has 0 amide bonds. The average molecular weight is 249 g/mol. The van der Waals surface area contributed by atoms with Crippen LogP contribution in [-0.4, -0.2) is 32.3 Å². The Balaban J connectivity index is 2.25. The molecule has 1 aliphatic rings. The maximum atomic E-state index is 11.7. The van der Waals surface area contributed by atoms with Crippen molar-refractivity contribution in [1.29, 1.82) is 0 Å². The lowest BCUT2D eigenvalue weighted by Gasteiger charge is -2.15. The van der Waals surface area contributed by atoms with Crippen LogP contribution in [0.15, 0.2) is 12.1 Å². The van der Waals surface area contributed by atoms with Gasteiger partial charge in [-0.25, -0.2) is 4.79 Å². The third kappa shape index (κ3) is 2.64. The molecule has 1 aliphatic heterocycles. The molecule has 1 aromatic carbocycles. The number of aryl methyl sites for hydroxylation is 1. The molecule has 4 nitrogen and oxygen atoms in total. The van der Waals surface area contributed by atoms with Crippen LogP contribution >= 0.6 is 0 Å². The summed E-state index contributed by atoms with van der Waals surface area (Å²) in [5.41, 5.74) is 3.63. The zero-order valence-electron chi connectivity index (χ0n) is 11.1. The summed E-state index contributed by atoms with van der Waals surface area (Å²) in [5, 5.41) is 3.40. The molecular formula is C14H19NO3. The fraction of sp³-hybridized carbons (Fsp3) is 0.500. The van der Waals surface area contributed by atoms with E-state index in [0.717, 1.165) is 36.4 Å². The first kappa shape index (κ1) is 12.9. The number of carbonyl (C=O) groups is 1. The number of methoxy groups -OCH3 is 1. The van der Waals surface area contributed by atoms with E-state index in [-0.39, 0.29) is 5.97 Å². The van der Waals surface area contributed by atoms with E-state index in [1.807, 2.05) is 19.9 Å². The lowest BCUT2D eigenvalue weighted by molar-refractivity contribution is 0.0600. The van der Waals surface area contributed by atoms with Gasteiger partial charge in [-0.3, -0.25) is 0 Å². The zero-order chi connectivity index (χ0) is 13.1. The lowest BCUT2D eigenvalue weighted by Crippen LogP contribution is -2.19. The number of carbonyl (C=O) groups excluding carboxylic acids is 1. The highest BCUT2D eigenvalue weighted by molar-refractivity contribution is 5.92. The number of nitrogens with one attached hydrogen (secondary N) is 1. The number of ether oxygens (including phenoxy) is 2. The summed E-state index contributed by atoms with van der Waals surface area (Å²) in [4.78, 5) is 11.7. The predicted molar refractivity (Wildman–Crippen MR) is 70.1 cm³/mol. The number of benzene rings is 1. The van der Waals surface area contributed by atoms with Gasteiger partial charge in [-0.05, 0) is 43.5 Å². The summed E-state index contributed by atoms with van der Waals surface area (Å²) in [7, 11) is 1.40. The van der Waals surface area contributed by atoms with Crippen molar-refractivity contribution in [3.8, 4) is 0 Å². The molecule has 4 heteroatoms. The van der Waals surface area contributed by atoms with Gasteiger partial charge < -0.3 is 14.8 Å². The molecule has 2 rings (SSSR count). The smallest absolute Gasteiger partial charge is 0.338 e. The van der Waals surface area contributed by atoms with Crippen LogP contribution in [0, 0.1) is 13.8 Å². The largest absolute Gasteiger partial charge is 0.465 e. The summed E-state index contributed by atoms with van der Waals surface area (Å²) in [6.07, 6.45) is 1.00.